The van der Waals surface area contributed by atoms with Gasteiger partial charge in [-0.05, 0) is 63.2 Å². The SMILES string of the molecule is CNCCCc1c(C=O)[nH]c2c1CCCC2. The van der Waals surface area contributed by atoms with Crippen molar-refractivity contribution in [3.05, 3.63) is 22.5 Å². The van der Waals surface area contributed by atoms with E-state index < -0.39 is 0 Å². The Labute approximate surface area is 96.6 Å². The molecule has 0 atom stereocenters. The first-order valence-electron chi connectivity index (χ1n) is 6.19. The van der Waals surface area contributed by atoms with E-state index in [-0.39, 0.29) is 0 Å². The van der Waals surface area contributed by atoms with E-state index in [0.29, 0.717) is 0 Å². The third kappa shape index (κ3) is 2.19. The summed E-state index contributed by atoms with van der Waals surface area (Å²) < 4.78 is 0. The van der Waals surface area contributed by atoms with Crippen LogP contribution >= 0.6 is 0 Å². The summed E-state index contributed by atoms with van der Waals surface area (Å²) in [6.07, 6.45) is 7.87. The molecule has 0 aliphatic heterocycles. The van der Waals surface area contributed by atoms with Crippen LogP contribution in [-0.4, -0.2) is 24.9 Å². The molecule has 1 aliphatic rings. The molecule has 3 heteroatoms. The highest BCUT2D eigenvalue weighted by Crippen LogP contribution is 2.27. The number of nitrogens with one attached hydrogen (secondary N) is 2. The van der Waals surface area contributed by atoms with E-state index in [1.165, 1.54) is 29.7 Å². The van der Waals surface area contributed by atoms with Crippen LogP contribution in [0.25, 0.3) is 0 Å². The van der Waals surface area contributed by atoms with Crippen LogP contribution in [0.3, 0.4) is 0 Å². The lowest BCUT2D eigenvalue weighted by Crippen LogP contribution is -2.09. The van der Waals surface area contributed by atoms with Crippen molar-refractivity contribution in [1.82, 2.24) is 10.3 Å². The number of aryl methyl sites for hydroxylation is 1. The van der Waals surface area contributed by atoms with Gasteiger partial charge in [0.15, 0.2) is 6.29 Å². The fourth-order valence-electron chi connectivity index (χ4n) is 2.60. The molecule has 2 N–H and O–H groups in total. The number of hydrogen-bond acceptors (Lipinski definition) is 2. The highest BCUT2D eigenvalue weighted by atomic mass is 16.1. The molecular formula is C13H20N2O. The zero-order valence-electron chi connectivity index (χ0n) is 9.94. The second-order valence-corrected chi connectivity index (χ2v) is 4.51. The number of H-pyrrole nitrogens is 1. The van der Waals surface area contributed by atoms with Crippen molar-refractivity contribution in [2.75, 3.05) is 13.6 Å². The predicted octanol–water partition coefficient (Wildman–Crippen LogP) is 1.86. The molecule has 1 aromatic heterocycles. The summed E-state index contributed by atoms with van der Waals surface area (Å²) in [7, 11) is 1.97. The quantitative estimate of drug-likeness (QED) is 0.587. The normalized spacial score (nSPS) is 14.8. The van der Waals surface area contributed by atoms with Crippen LogP contribution in [0.5, 0.6) is 0 Å². The standard InChI is InChI=1S/C13H20N2O/c1-14-8-4-6-11-10-5-2-3-7-12(10)15-13(11)9-16/h9,14-15H,2-8H2,1H3. The van der Waals surface area contributed by atoms with Crippen LogP contribution in [0.15, 0.2) is 0 Å². The third-order valence-electron chi connectivity index (χ3n) is 3.41. The summed E-state index contributed by atoms with van der Waals surface area (Å²) in [5.74, 6) is 0. The topological polar surface area (TPSA) is 44.9 Å². The van der Waals surface area contributed by atoms with Crippen LogP contribution in [0.4, 0.5) is 0 Å². The van der Waals surface area contributed by atoms with Gasteiger partial charge in [-0.3, -0.25) is 4.79 Å². The van der Waals surface area contributed by atoms with Crippen LogP contribution in [-0.2, 0) is 19.3 Å². The number of aromatic amines is 1. The van der Waals surface area contributed by atoms with E-state index in [4.69, 9.17) is 0 Å². The Hall–Kier alpha value is -1.09. The number of rotatable bonds is 5. The first kappa shape index (κ1) is 11.4. The zero-order chi connectivity index (χ0) is 11.4. The van der Waals surface area contributed by atoms with Gasteiger partial charge in [0, 0.05) is 5.69 Å². The van der Waals surface area contributed by atoms with E-state index in [2.05, 4.69) is 10.3 Å². The summed E-state index contributed by atoms with van der Waals surface area (Å²) in [5.41, 5.74) is 4.85. The van der Waals surface area contributed by atoms with Crippen LogP contribution in [0.2, 0.25) is 0 Å². The fourth-order valence-corrected chi connectivity index (χ4v) is 2.60. The van der Waals surface area contributed by atoms with Gasteiger partial charge in [0.1, 0.15) is 0 Å². The Bertz CT molecular complexity index is 368. The summed E-state index contributed by atoms with van der Waals surface area (Å²) >= 11 is 0. The Morgan fingerprint density at radius 2 is 2.19 bits per heavy atom. The maximum absolute atomic E-state index is 11.0. The minimum Gasteiger partial charge on any atom is -0.356 e. The van der Waals surface area contributed by atoms with Crippen molar-refractivity contribution in [3.63, 3.8) is 0 Å². The number of carbonyl (C=O) groups excluding carboxylic acids is 1. The average Bonchev–Trinajstić information content (AvgIpc) is 2.68. The molecule has 3 nitrogen and oxygen atoms in total. The zero-order valence-corrected chi connectivity index (χ0v) is 9.94. The Morgan fingerprint density at radius 1 is 1.38 bits per heavy atom. The molecule has 0 aromatic carbocycles. The molecule has 88 valence electrons. The summed E-state index contributed by atoms with van der Waals surface area (Å²) in [5, 5.41) is 3.15. The van der Waals surface area contributed by atoms with Crippen LogP contribution < -0.4 is 5.32 Å². The molecule has 0 saturated heterocycles. The van der Waals surface area contributed by atoms with Crippen molar-refractivity contribution in [2.24, 2.45) is 0 Å². The molecule has 0 amide bonds. The van der Waals surface area contributed by atoms with E-state index in [1.54, 1.807) is 0 Å². The van der Waals surface area contributed by atoms with Crippen molar-refractivity contribution < 1.29 is 4.79 Å². The van der Waals surface area contributed by atoms with Gasteiger partial charge >= 0.3 is 0 Å². The lowest BCUT2D eigenvalue weighted by molar-refractivity contribution is 0.111. The lowest BCUT2D eigenvalue weighted by Gasteiger charge is -2.12. The second kappa shape index (κ2) is 5.30. The minimum absolute atomic E-state index is 0.822. The molecule has 1 aromatic rings. The Kier molecular flexibility index (Phi) is 3.78. The number of carbonyl (C=O) groups is 1. The fraction of sp³-hybridized carbons (Fsp3) is 0.615. The van der Waals surface area contributed by atoms with Gasteiger partial charge < -0.3 is 10.3 Å². The average molecular weight is 220 g/mol. The van der Waals surface area contributed by atoms with Gasteiger partial charge in [-0.1, -0.05) is 0 Å². The predicted molar refractivity (Wildman–Crippen MR) is 65.1 cm³/mol. The number of aldehydes is 1. The number of fused-ring (bicyclic) bond motifs is 1. The molecule has 2 rings (SSSR count). The number of hydrogen-bond donors (Lipinski definition) is 2. The lowest BCUT2D eigenvalue weighted by atomic mass is 9.93. The van der Waals surface area contributed by atoms with E-state index in [0.717, 1.165) is 44.2 Å². The highest BCUT2D eigenvalue weighted by Gasteiger charge is 2.18. The maximum Gasteiger partial charge on any atom is 0.166 e. The third-order valence-corrected chi connectivity index (χ3v) is 3.41. The Morgan fingerprint density at radius 3 is 2.94 bits per heavy atom. The van der Waals surface area contributed by atoms with Crippen molar-refractivity contribution in [1.29, 1.82) is 0 Å². The summed E-state index contributed by atoms with van der Waals surface area (Å²) in [6, 6.07) is 0. The minimum atomic E-state index is 0.822. The Balaban J connectivity index is 2.19. The van der Waals surface area contributed by atoms with Crippen LogP contribution in [0, 0.1) is 0 Å². The summed E-state index contributed by atoms with van der Waals surface area (Å²) in [6.45, 7) is 1.01. The van der Waals surface area contributed by atoms with E-state index >= 15 is 0 Å². The molecule has 0 fully saturated rings. The van der Waals surface area contributed by atoms with Gasteiger partial charge in [-0.2, -0.15) is 0 Å². The van der Waals surface area contributed by atoms with Crippen LogP contribution in [0.1, 0.15) is 46.6 Å². The first-order chi connectivity index (χ1) is 7.86. The first-order valence-corrected chi connectivity index (χ1v) is 6.19. The second-order valence-electron chi connectivity index (χ2n) is 4.51. The molecular weight excluding hydrogens is 200 g/mol. The molecule has 0 spiro atoms. The smallest absolute Gasteiger partial charge is 0.166 e. The van der Waals surface area contributed by atoms with Gasteiger partial charge in [-0.15, -0.1) is 0 Å². The molecule has 1 heterocycles. The van der Waals surface area contributed by atoms with Gasteiger partial charge in [-0.25, -0.2) is 0 Å². The molecule has 0 unspecified atom stereocenters. The van der Waals surface area contributed by atoms with E-state index in [9.17, 15) is 4.79 Å². The molecule has 0 saturated carbocycles. The molecule has 1 aliphatic carbocycles. The van der Waals surface area contributed by atoms with Crippen molar-refractivity contribution in [3.8, 4) is 0 Å². The van der Waals surface area contributed by atoms with Crippen molar-refractivity contribution >= 4 is 6.29 Å². The van der Waals surface area contributed by atoms with E-state index in [1.807, 2.05) is 7.05 Å². The molecule has 0 bridgehead atoms. The van der Waals surface area contributed by atoms with Gasteiger partial charge in [0.2, 0.25) is 0 Å². The number of aromatic nitrogens is 1. The molecule has 16 heavy (non-hydrogen) atoms. The highest BCUT2D eigenvalue weighted by molar-refractivity contribution is 5.76. The maximum atomic E-state index is 11.0. The van der Waals surface area contributed by atoms with Gasteiger partial charge in [0.25, 0.3) is 0 Å². The van der Waals surface area contributed by atoms with Gasteiger partial charge in [0.05, 0.1) is 5.69 Å². The van der Waals surface area contributed by atoms with Crippen molar-refractivity contribution in [2.45, 2.75) is 38.5 Å². The largest absolute Gasteiger partial charge is 0.356 e. The molecule has 0 radical (unpaired) electrons. The monoisotopic (exact) mass is 220 g/mol. The summed E-state index contributed by atoms with van der Waals surface area (Å²) in [4.78, 5) is 14.3.